The molecule has 21 heavy (non-hydrogen) atoms. The molecule has 1 amide bonds. The number of nitrogen functional groups attached to an aromatic ring is 1. The second kappa shape index (κ2) is 6.56. The van der Waals surface area contributed by atoms with Crippen molar-refractivity contribution in [3.05, 3.63) is 17.3 Å². The van der Waals surface area contributed by atoms with E-state index in [1.807, 2.05) is 0 Å². The molecule has 0 saturated heterocycles. The Hall–Kier alpha value is -1.42. The number of hydrazine groups is 1. The number of sulfonamides is 1. The molecule has 1 heterocycles. The highest BCUT2D eigenvalue weighted by Gasteiger charge is 2.29. The molecule has 1 fully saturated rings. The van der Waals surface area contributed by atoms with Crippen LogP contribution < -0.4 is 21.3 Å². The molecule has 0 spiro atoms. The molecular formula is C11H16ClN5O3S. The van der Waals surface area contributed by atoms with Crippen LogP contribution in [0.5, 0.6) is 0 Å². The van der Waals surface area contributed by atoms with Crippen molar-refractivity contribution in [2.75, 3.05) is 18.5 Å². The van der Waals surface area contributed by atoms with Crippen molar-refractivity contribution in [1.29, 1.82) is 0 Å². The van der Waals surface area contributed by atoms with E-state index in [2.05, 4.69) is 20.4 Å². The van der Waals surface area contributed by atoms with Crippen LogP contribution in [0.15, 0.2) is 17.2 Å². The molecule has 1 aliphatic rings. The quantitative estimate of drug-likeness (QED) is 0.311. The van der Waals surface area contributed by atoms with Gasteiger partial charge in [-0.2, -0.15) is 0 Å². The normalized spacial score (nSPS) is 14.8. The maximum Gasteiger partial charge on any atom is 0.242 e. The lowest BCUT2D eigenvalue weighted by Crippen LogP contribution is -2.35. The van der Waals surface area contributed by atoms with E-state index in [0.29, 0.717) is 0 Å². The Morgan fingerprint density at radius 2 is 2.14 bits per heavy atom. The molecule has 1 aromatic rings. The van der Waals surface area contributed by atoms with Crippen LogP contribution in [-0.2, 0) is 14.8 Å². The maximum absolute atomic E-state index is 12.0. The number of carbonyl (C=O) groups excluding carboxylic acids is 1. The summed E-state index contributed by atoms with van der Waals surface area (Å²) in [5, 5.41) is 2.76. The maximum atomic E-state index is 12.0. The molecule has 0 aromatic carbocycles. The molecule has 0 atom stereocenters. The van der Waals surface area contributed by atoms with E-state index in [9.17, 15) is 13.2 Å². The van der Waals surface area contributed by atoms with Gasteiger partial charge < -0.3 is 10.7 Å². The summed E-state index contributed by atoms with van der Waals surface area (Å²) in [6, 6.07) is 1.24. The summed E-state index contributed by atoms with van der Waals surface area (Å²) in [5.41, 5.74) is 2.25. The summed E-state index contributed by atoms with van der Waals surface area (Å²) in [5.74, 6) is 5.42. The van der Waals surface area contributed by atoms with Crippen LogP contribution in [0.3, 0.4) is 0 Å². The highest BCUT2D eigenvalue weighted by atomic mass is 35.5. The Morgan fingerprint density at radius 1 is 1.43 bits per heavy atom. The number of rotatable bonds is 7. The lowest BCUT2D eigenvalue weighted by molar-refractivity contribution is -0.122. The van der Waals surface area contributed by atoms with Gasteiger partial charge in [-0.15, -0.1) is 0 Å². The minimum absolute atomic E-state index is 0.0303. The fourth-order valence-electron chi connectivity index (χ4n) is 1.62. The monoisotopic (exact) mass is 333 g/mol. The largest absolute Gasteiger partial charge is 0.355 e. The molecule has 10 heteroatoms. The average molecular weight is 334 g/mol. The van der Waals surface area contributed by atoms with Crippen LogP contribution in [-0.4, -0.2) is 32.4 Å². The van der Waals surface area contributed by atoms with E-state index in [1.54, 1.807) is 0 Å². The Balaban J connectivity index is 1.88. The molecular weight excluding hydrogens is 318 g/mol. The van der Waals surface area contributed by atoms with E-state index < -0.39 is 10.0 Å². The van der Waals surface area contributed by atoms with E-state index in [1.165, 1.54) is 6.07 Å². The van der Waals surface area contributed by atoms with Crippen molar-refractivity contribution in [2.45, 2.75) is 17.7 Å². The molecule has 1 aliphatic carbocycles. The lowest BCUT2D eigenvalue weighted by Gasteiger charge is -2.09. The number of pyridine rings is 1. The van der Waals surface area contributed by atoms with Crippen molar-refractivity contribution in [3.63, 3.8) is 0 Å². The highest BCUT2D eigenvalue weighted by molar-refractivity contribution is 7.89. The van der Waals surface area contributed by atoms with Gasteiger partial charge in [-0.05, 0) is 18.9 Å². The third-order valence-corrected chi connectivity index (χ3v) is 4.64. The lowest BCUT2D eigenvalue weighted by atomic mass is 10.4. The summed E-state index contributed by atoms with van der Waals surface area (Å²) in [6.45, 7) is 0.327. The smallest absolute Gasteiger partial charge is 0.242 e. The standard InChI is InChI=1S/C11H16ClN5O3S/c12-9-5-8(6-15-10(9)17-13)21(19,20)16-4-3-14-11(18)7-1-2-7/h5-7,16H,1-4,13H2,(H,14,18)(H,15,17). The summed E-state index contributed by atoms with van der Waals surface area (Å²) in [6.07, 6.45) is 2.96. The van der Waals surface area contributed by atoms with Crippen molar-refractivity contribution in [3.8, 4) is 0 Å². The Bertz CT molecular complexity index is 633. The number of aromatic nitrogens is 1. The molecule has 2 rings (SSSR count). The third-order valence-electron chi connectivity index (χ3n) is 2.93. The Labute approximate surface area is 127 Å². The number of nitrogens with one attached hydrogen (secondary N) is 3. The first-order valence-electron chi connectivity index (χ1n) is 6.33. The topological polar surface area (TPSA) is 126 Å². The Kier molecular flexibility index (Phi) is 4.99. The van der Waals surface area contributed by atoms with Crippen LogP contribution in [0.25, 0.3) is 0 Å². The zero-order chi connectivity index (χ0) is 15.5. The van der Waals surface area contributed by atoms with Crippen LogP contribution in [0.1, 0.15) is 12.8 Å². The van der Waals surface area contributed by atoms with Gasteiger partial charge in [-0.3, -0.25) is 4.79 Å². The zero-order valence-electron chi connectivity index (χ0n) is 11.1. The summed E-state index contributed by atoms with van der Waals surface area (Å²) in [4.78, 5) is 15.1. The third kappa shape index (κ3) is 4.27. The summed E-state index contributed by atoms with van der Waals surface area (Å²) < 4.78 is 26.4. The second-order valence-corrected chi connectivity index (χ2v) is 6.78. The van der Waals surface area contributed by atoms with Crippen LogP contribution in [0.4, 0.5) is 5.82 Å². The zero-order valence-corrected chi connectivity index (χ0v) is 12.7. The number of hydrogen-bond acceptors (Lipinski definition) is 6. The first-order chi connectivity index (χ1) is 9.94. The highest BCUT2D eigenvalue weighted by Crippen LogP contribution is 2.28. The number of amides is 1. The predicted octanol–water partition coefficient (Wildman–Crippen LogP) is -0.175. The van der Waals surface area contributed by atoms with Gasteiger partial charge in [0.1, 0.15) is 4.90 Å². The van der Waals surface area contributed by atoms with Gasteiger partial charge in [0.25, 0.3) is 0 Å². The van der Waals surface area contributed by atoms with Crippen molar-refractivity contribution in [1.82, 2.24) is 15.0 Å². The van der Waals surface area contributed by atoms with Gasteiger partial charge in [-0.25, -0.2) is 24.0 Å². The molecule has 0 aliphatic heterocycles. The first-order valence-corrected chi connectivity index (χ1v) is 8.19. The molecule has 1 saturated carbocycles. The summed E-state index contributed by atoms with van der Waals surface area (Å²) >= 11 is 5.83. The minimum Gasteiger partial charge on any atom is -0.355 e. The summed E-state index contributed by atoms with van der Waals surface area (Å²) in [7, 11) is -3.73. The molecule has 0 radical (unpaired) electrons. The van der Waals surface area contributed by atoms with Crippen LogP contribution in [0.2, 0.25) is 5.02 Å². The van der Waals surface area contributed by atoms with E-state index in [4.69, 9.17) is 17.4 Å². The number of hydrogen-bond donors (Lipinski definition) is 4. The van der Waals surface area contributed by atoms with Gasteiger partial charge in [0.05, 0.1) is 5.02 Å². The van der Waals surface area contributed by atoms with E-state index in [0.717, 1.165) is 19.0 Å². The molecule has 0 unspecified atom stereocenters. The predicted molar refractivity (Wildman–Crippen MR) is 78.0 cm³/mol. The fourth-order valence-corrected chi connectivity index (χ4v) is 2.91. The first kappa shape index (κ1) is 16.0. The van der Waals surface area contributed by atoms with Crippen molar-refractivity contribution < 1.29 is 13.2 Å². The Morgan fingerprint density at radius 3 is 2.71 bits per heavy atom. The number of halogens is 1. The van der Waals surface area contributed by atoms with Gasteiger partial charge in [0.15, 0.2) is 5.82 Å². The minimum atomic E-state index is -3.73. The van der Waals surface area contributed by atoms with Gasteiger partial charge >= 0.3 is 0 Å². The van der Waals surface area contributed by atoms with Gasteiger partial charge in [-0.1, -0.05) is 11.6 Å². The second-order valence-electron chi connectivity index (χ2n) is 4.61. The molecule has 116 valence electrons. The van der Waals surface area contributed by atoms with Gasteiger partial charge in [0, 0.05) is 25.2 Å². The molecule has 5 N–H and O–H groups in total. The molecule has 1 aromatic heterocycles. The number of anilines is 1. The van der Waals surface area contributed by atoms with Crippen molar-refractivity contribution >= 4 is 33.3 Å². The van der Waals surface area contributed by atoms with Crippen LogP contribution >= 0.6 is 11.6 Å². The number of nitrogens with two attached hydrogens (primary N) is 1. The fraction of sp³-hybridized carbons (Fsp3) is 0.455. The SMILES string of the molecule is NNc1ncc(S(=O)(=O)NCCNC(=O)C2CC2)cc1Cl. The molecule has 0 bridgehead atoms. The average Bonchev–Trinajstić information content (AvgIpc) is 3.28. The van der Waals surface area contributed by atoms with E-state index >= 15 is 0 Å². The number of nitrogens with zero attached hydrogens (tertiary/aromatic N) is 1. The van der Waals surface area contributed by atoms with E-state index in [-0.39, 0.29) is 40.7 Å². The van der Waals surface area contributed by atoms with Gasteiger partial charge in [0.2, 0.25) is 15.9 Å². The molecule has 8 nitrogen and oxygen atoms in total. The van der Waals surface area contributed by atoms with Crippen molar-refractivity contribution in [2.24, 2.45) is 11.8 Å². The van der Waals surface area contributed by atoms with Crippen LogP contribution in [0, 0.1) is 5.92 Å². The number of carbonyl (C=O) groups is 1.